The number of pyridine rings is 1. The average molecular weight is 294 g/mol. The molecule has 3 heteroatoms. The second-order valence-electron chi connectivity index (χ2n) is 5.48. The molecule has 0 aliphatic carbocycles. The van der Waals surface area contributed by atoms with Crippen LogP contribution in [0.4, 0.5) is 0 Å². The SMILES string of the molecule is CCCCCCCn1c(-c2ccccc2)ccc(C#N)c1=O. The highest BCUT2D eigenvalue weighted by Crippen LogP contribution is 2.18. The summed E-state index contributed by atoms with van der Waals surface area (Å²) in [6.07, 6.45) is 5.72. The molecule has 0 atom stereocenters. The van der Waals surface area contributed by atoms with E-state index in [4.69, 9.17) is 5.26 Å². The maximum atomic E-state index is 12.5. The zero-order valence-corrected chi connectivity index (χ0v) is 13.1. The summed E-state index contributed by atoms with van der Waals surface area (Å²) in [4.78, 5) is 12.5. The summed E-state index contributed by atoms with van der Waals surface area (Å²) in [6.45, 7) is 2.86. The summed E-state index contributed by atoms with van der Waals surface area (Å²) in [5, 5.41) is 9.08. The van der Waals surface area contributed by atoms with E-state index in [0.717, 1.165) is 24.1 Å². The zero-order valence-electron chi connectivity index (χ0n) is 13.1. The quantitative estimate of drug-likeness (QED) is 0.712. The standard InChI is InChI=1S/C19H22N2O/c1-2-3-4-5-9-14-21-18(16-10-7-6-8-11-16)13-12-17(15-20)19(21)22/h6-8,10-13H,2-5,9,14H2,1H3. The lowest BCUT2D eigenvalue weighted by Gasteiger charge is -2.13. The second-order valence-corrected chi connectivity index (χ2v) is 5.48. The van der Waals surface area contributed by atoms with E-state index in [2.05, 4.69) is 6.92 Å². The highest BCUT2D eigenvalue weighted by Gasteiger charge is 2.09. The molecule has 0 bridgehead atoms. The van der Waals surface area contributed by atoms with E-state index in [9.17, 15) is 4.79 Å². The maximum Gasteiger partial charge on any atom is 0.268 e. The third-order valence-corrected chi connectivity index (χ3v) is 3.85. The average Bonchev–Trinajstić information content (AvgIpc) is 2.56. The molecule has 1 aromatic heterocycles. The van der Waals surface area contributed by atoms with E-state index in [-0.39, 0.29) is 11.1 Å². The Morgan fingerprint density at radius 2 is 1.73 bits per heavy atom. The lowest BCUT2D eigenvalue weighted by atomic mass is 10.1. The van der Waals surface area contributed by atoms with Gasteiger partial charge in [-0.1, -0.05) is 62.9 Å². The molecule has 0 unspecified atom stereocenters. The van der Waals surface area contributed by atoms with E-state index >= 15 is 0 Å². The Labute approximate surface area is 131 Å². The molecule has 0 saturated heterocycles. The summed E-state index contributed by atoms with van der Waals surface area (Å²) in [7, 11) is 0. The van der Waals surface area contributed by atoms with Crippen molar-refractivity contribution in [2.24, 2.45) is 0 Å². The number of rotatable bonds is 7. The van der Waals surface area contributed by atoms with Crippen molar-refractivity contribution in [3.8, 4) is 17.3 Å². The summed E-state index contributed by atoms with van der Waals surface area (Å²) >= 11 is 0. The van der Waals surface area contributed by atoms with Gasteiger partial charge in [0.15, 0.2) is 0 Å². The van der Waals surface area contributed by atoms with Crippen molar-refractivity contribution in [3.05, 3.63) is 58.4 Å². The third kappa shape index (κ3) is 3.85. The zero-order chi connectivity index (χ0) is 15.8. The van der Waals surface area contributed by atoms with Crippen LogP contribution in [0.15, 0.2) is 47.3 Å². The molecule has 1 heterocycles. The van der Waals surface area contributed by atoms with Crippen molar-refractivity contribution in [3.63, 3.8) is 0 Å². The molecule has 0 radical (unpaired) electrons. The van der Waals surface area contributed by atoms with Crippen LogP contribution in [-0.2, 0) is 6.54 Å². The van der Waals surface area contributed by atoms with Crippen molar-refractivity contribution in [1.82, 2.24) is 4.57 Å². The fourth-order valence-corrected chi connectivity index (χ4v) is 2.62. The monoisotopic (exact) mass is 294 g/mol. The van der Waals surface area contributed by atoms with Gasteiger partial charge in [-0.2, -0.15) is 5.26 Å². The lowest BCUT2D eigenvalue weighted by molar-refractivity contribution is 0.561. The van der Waals surface area contributed by atoms with Crippen LogP contribution >= 0.6 is 0 Å². The van der Waals surface area contributed by atoms with Gasteiger partial charge in [-0.05, 0) is 24.1 Å². The molecule has 22 heavy (non-hydrogen) atoms. The molecule has 0 fully saturated rings. The molecular weight excluding hydrogens is 272 g/mol. The first-order valence-corrected chi connectivity index (χ1v) is 7.97. The van der Waals surface area contributed by atoms with Gasteiger partial charge in [0.1, 0.15) is 11.6 Å². The second kappa shape index (κ2) is 8.19. The Morgan fingerprint density at radius 1 is 1.00 bits per heavy atom. The summed E-state index contributed by atoms with van der Waals surface area (Å²) in [5.74, 6) is 0. The van der Waals surface area contributed by atoms with E-state index in [1.54, 1.807) is 10.6 Å². The van der Waals surface area contributed by atoms with E-state index < -0.39 is 0 Å². The number of aromatic nitrogens is 1. The number of benzene rings is 1. The van der Waals surface area contributed by atoms with E-state index in [1.807, 2.05) is 42.5 Å². The van der Waals surface area contributed by atoms with E-state index in [0.29, 0.717) is 6.54 Å². The highest BCUT2D eigenvalue weighted by atomic mass is 16.1. The topological polar surface area (TPSA) is 45.8 Å². The Balaban J connectivity index is 2.28. The van der Waals surface area contributed by atoms with Crippen molar-refractivity contribution < 1.29 is 0 Å². The molecule has 0 aliphatic heterocycles. The van der Waals surface area contributed by atoms with Gasteiger partial charge < -0.3 is 4.57 Å². The smallest absolute Gasteiger partial charge is 0.268 e. The molecule has 2 aromatic rings. The summed E-state index contributed by atoms with van der Waals surface area (Å²) in [6, 6.07) is 15.4. The predicted molar refractivity (Wildman–Crippen MR) is 89.6 cm³/mol. The minimum Gasteiger partial charge on any atom is -0.307 e. The minimum atomic E-state index is -0.181. The van der Waals surface area contributed by atoms with Crippen LogP contribution in [0.3, 0.4) is 0 Å². The number of nitrogens with zero attached hydrogens (tertiary/aromatic N) is 2. The molecule has 1 aromatic carbocycles. The van der Waals surface area contributed by atoms with Crippen molar-refractivity contribution in [2.75, 3.05) is 0 Å². The van der Waals surface area contributed by atoms with Gasteiger partial charge in [-0.3, -0.25) is 4.79 Å². The normalized spacial score (nSPS) is 10.4. The van der Waals surface area contributed by atoms with Gasteiger partial charge in [0.2, 0.25) is 0 Å². The van der Waals surface area contributed by atoms with Crippen LogP contribution in [0.5, 0.6) is 0 Å². The van der Waals surface area contributed by atoms with Crippen LogP contribution in [0, 0.1) is 11.3 Å². The number of unbranched alkanes of at least 4 members (excludes halogenated alkanes) is 4. The Morgan fingerprint density at radius 3 is 2.41 bits per heavy atom. The Bertz CT molecular complexity index is 696. The molecule has 0 saturated carbocycles. The summed E-state index contributed by atoms with van der Waals surface area (Å²) in [5.41, 5.74) is 1.94. The Hall–Kier alpha value is -2.34. The number of hydrogen-bond acceptors (Lipinski definition) is 2. The molecule has 0 spiro atoms. The molecule has 0 N–H and O–H groups in total. The van der Waals surface area contributed by atoms with Gasteiger partial charge in [0.05, 0.1) is 5.69 Å². The Kier molecular flexibility index (Phi) is 5.97. The van der Waals surface area contributed by atoms with Crippen LogP contribution in [0.25, 0.3) is 11.3 Å². The van der Waals surface area contributed by atoms with Crippen LogP contribution in [-0.4, -0.2) is 4.57 Å². The first-order chi connectivity index (χ1) is 10.8. The van der Waals surface area contributed by atoms with Gasteiger partial charge in [0, 0.05) is 6.54 Å². The predicted octanol–water partition coefficient (Wildman–Crippen LogP) is 4.36. The largest absolute Gasteiger partial charge is 0.307 e. The number of nitriles is 1. The fourth-order valence-electron chi connectivity index (χ4n) is 2.62. The molecule has 114 valence electrons. The third-order valence-electron chi connectivity index (χ3n) is 3.85. The van der Waals surface area contributed by atoms with Crippen LogP contribution in [0.2, 0.25) is 0 Å². The fraction of sp³-hybridized carbons (Fsp3) is 0.368. The molecule has 0 aliphatic rings. The minimum absolute atomic E-state index is 0.181. The highest BCUT2D eigenvalue weighted by molar-refractivity contribution is 5.60. The summed E-state index contributed by atoms with van der Waals surface area (Å²) < 4.78 is 1.75. The van der Waals surface area contributed by atoms with E-state index in [1.165, 1.54) is 19.3 Å². The molecular formula is C19H22N2O. The van der Waals surface area contributed by atoms with Gasteiger partial charge in [0.25, 0.3) is 5.56 Å². The van der Waals surface area contributed by atoms with Gasteiger partial charge in [-0.25, -0.2) is 0 Å². The lowest BCUT2D eigenvalue weighted by Crippen LogP contribution is -2.24. The van der Waals surface area contributed by atoms with Crippen LogP contribution in [0.1, 0.15) is 44.6 Å². The maximum absolute atomic E-state index is 12.5. The first-order valence-electron chi connectivity index (χ1n) is 7.97. The van der Waals surface area contributed by atoms with Crippen LogP contribution < -0.4 is 5.56 Å². The first kappa shape index (κ1) is 16.0. The molecule has 0 amide bonds. The molecule has 2 rings (SSSR count). The van der Waals surface area contributed by atoms with Gasteiger partial charge >= 0.3 is 0 Å². The van der Waals surface area contributed by atoms with Crippen molar-refractivity contribution >= 4 is 0 Å². The van der Waals surface area contributed by atoms with Gasteiger partial charge in [-0.15, -0.1) is 0 Å². The van der Waals surface area contributed by atoms with Crippen molar-refractivity contribution in [1.29, 1.82) is 5.26 Å². The molecule has 3 nitrogen and oxygen atoms in total. The number of hydrogen-bond donors (Lipinski definition) is 0. The van der Waals surface area contributed by atoms with Crippen molar-refractivity contribution in [2.45, 2.75) is 45.6 Å².